The number of amides is 2. The van der Waals surface area contributed by atoms with Crippen LogP contribution in [0.15, 0.2) is 42.7 Å². The molecule has 30 heavy (non-hydrogen) atoms. The molecular weight excluding hydrogens is 404 g/mol. The quantitative estimate of drug-likeness (QED) is 0.694. The van der Waals surface area contributed by atoms with Gasteiger partial charge in [-0.05, 0) is 43.7 Å². The first kappa shape index (κ1) is 20.0. The molecule has 1 aliphatic heterocycles. The largest absolute Gasteiger partial charge is 0.337 e. The normalized spacial score (nSPS) is 16.0. The van der Waals surface area contributed by atoms with E-state index < -0.39 is 0 Å². The van der Waals surface area contributed by atoms with Crippen molar-refractivity contribution in [1.29, 1.82) is 0 Å². The maximum Gasteiger partial charge on any atom is 0.272 e. The minimum atomic E-state index is -0.277. The monoisotopic (exact) mass is 424 g/mol. The summed E-state index contributed by atoms with van der Waals surface area (Å²) in [7, 11) is 1.75. The number of carbonyl (C=O) groups excluding carboxylic acids is 2. The lowest BCUT2D eigenvalue weighted by atomic mass is 10.1. The highest BCUT2D eigenvalue weighted by atomic mass is 35.5. The fourth-order valence-corrected chi connectivity index (χ4v) is 3.66. The number of hydrogen-bond acceptors (Lipinski definition) is 5. The molecule has 2 aromatic heterocycles. The van der Waals surface area contributed by atoms with Crippen molar-refractivity contribution < 1.29 is 9.59 Å². The van der Waals surface area contributed by atoms with Gasteiger partial charge in [-0.3, -0.25) is 14.3 Å². The van der Waals surface area contributed by atoms with Crippen LogP contribution in [0.1, 0.15) is 44.7 Å². The molecule has 0 radical (unpaired) electrons. The van der Waals surface area contributed by atoms with Crippen LogP contribution in [0.4, 0.5) is 5.69 Å². The third-order valence-corrected chi connectivity index (χ3v) is 5.48. The Labute approximate surface area is 178 Å². The second-order valence-corrected chi connectivity index (χ2v) is 7.70. The molecule has 1 fully saturated rings. The van der Waals surface area contributed by atoms with Crippen LogP contribution in [-0.2, 0) is 7.05 Å². The number of aryl methyl sites for hydroxylation is 2. The average molecular weight is 425 g/mol. The van der Waals surface area contributed by atoms with Gasteiger partial charge in [0.2, 0.25) is 0 Å². The van der Waals surface area contributed by atoms with Gasteiger partial charge in [0.25, 0.3) is 11.8 Å². The van der Waals surface area contributed by atoms with E-state index in [1.165, 1.54) is 0 Å². The number of nitrogens with one attached hydrogen (secondary N) is 1. The van der Waals surface area contributed by atoms with Crippen LogP contribution in [0.3, 0.4) is 0 Å². The maximum absolute atomic E-state index is 12.7. The van der Waals surface area contributed by atoms with E-state index in [0.717, 1.165) is 6.42 Å². The minimum Gasteiger partial charge on any atom is -0.337 e. The third-order valence-electron chi connectivity index (χ3n) is 5.23. The Morgan fingerprint density at radius 3 is 2.63 bits per heavy atom. The molecule has 154 valence electrons. The molecule has 3 heterocycles. The molecule has 1 N–H and O–H groups in total. The molecule has 1 saturated heterocycles. The van der Waals surface area contributed by atoms with Gasteiger partial charge in [-0.2, -0.15) is 5.10 Å². The number of halogens is 1. The fourth-order valence-electron chi connectivity index (χ4n) is 3.54. The number of likely N-dealkylation sites (tertiary alicyclic amines) is 1. The zero-order valence-corrected chi connectivity index (χ0v) is 17.4. The van der Waals surface area contributed by atoms with E-state index in [4.69, 9.17) is 11.6 Å². The summed E-state index contributed by atoms with van der Waals surface area (Å²) in [6.07, 6.45) is 3.94. The van der Waals surface area contributed by atoms with Crippen LogP contribution in [0.5, 0.6) is 0 Å². The first-order chi connectivity index (χ1) is 14.4. The molecule has 0 spiro atoms. The Bertz CT molecular complexity index is 1100. The van der Waals surface area contributed by atoms with Gasteiger partial charge in [-0.15, -0.1) is 0 Å². The molecule has 2 amide bonds. The van der Waals surface area contributed by atoms with Crippen LogP contribution in [0.25, 0.3) is 0 Å². The molecule has 1 atom stereocenters. The molecule has 0 bridgehead atoms. The van der Waals surface area contributed by atoms with Gasteiger partial charge in [-0.1, -0.05) is 11.6 Å². The number of anilines is 1. The van der Waals surface area contributed by atoms with E-state index in [0.29, 0.717) is 46.6 Å². The van der Waals surface area contributed by atoms with Crippen molar-refractivity contribution in [3.63, 3.8) is 0 Å². The Hall–Kier alpha value is -3.26. The number of aromatic nitrogens is 4. The number of nitrogens with zero attached hydrogens (tertiary/aromatic N) is 5. The molecule has 0 aliphatic carbocycles. The van der Waals surface area contributed by atoms with Crippen molar-refractivity contribution in [3.05, 3.63) is 70.5 Å². The number of rotatable bonds is 4. The summed E-state index contributed by atoms with van der Waals surface area (Å²) < 4.78 is 1.57. The Balaban J connectivity index is 1.44. The molecule has 4 rings (SSSR count). The van der Waals surface area contributed by atoms with Crippen LogP contribution >= 0.6 is 11.6 Å². The van der Waals surface area contributed by atoms with E-state index in [-0.39, 0.29) is 17.7 Å². The zero-order chi connectivity index (χ0) is 21.3. The third kappa shape index (κ3) is 4.04. The van der Waals surface area contributed by atoms with Crippen LogP contribution in [-0.4, -0.2) is 49.6 Å². The average Bonchev–Trinajstić information content (AvgIpc) is 3.38. The Morgan fingerprint density at radius 1 is 1.20 bits per heavy atom. The van der Waals surface area contributed by atoms with E-state index in [1.54, 1.807) is 66.3 Å². The van der Waals surface area contributed by atoms with E-state index in [9.17, 15) is 9.59 Å². The summed E-state index contributed by atoms with van der Waals surface area (Å²) in [5, 5.41) is 7.48. The van der Waals surface area contributed by atoms with Crippen molar-refractivity contribution in [1.82, 2.24) is 24.6 Å². The lowest BCUT2D eigenvalue weighted by molar-refractivity contribution is 0.0779. The van der Waals surface area contributed by atoms with Gasteiger partial charge in [-0.25, -0.2) is 9.97 Å². The standard InChI is InChI=1S/C21H21ClN6O2/c1-13-17(20(29)26-16-5-3-15(22)4-6-16)11-23-19(25-13)14-8-10-28(12-14)21(30)18-7-9-24-27(18)2/h3-7,9,11,14H,8,10,12H2,1-2H3,(H,26,29)/t14-/m0/s1. The van der Waals surface area contributed by atoms with Crippen molar-refractivity contribution in [2.45, 2.75) is 19.3 Å². The van der Waals surface area contributed by atoms with Crippen LogP contribution in [0.2, 0.25) is 5.02 Å². The summed E-state index contributed by atoms with van der Waals surface area (Å²) in [6.45, 7) is 2.96. The number of hydrogen-bond donors (Lipinski definition) is 1. The Kier molecular flexibility index (Phi) is 5.50. The van der Waals surface area contributed by atoms with Gasteiger partial charge in [0.1, 0.15) is 11.5 Å². The molecule has 3 aromatic rings. The van der Waals surface area contributed by atoms with Gasteiger partial charge in [0.15, 0.2) is 0 Å². The van der Waals surface area contributed by atoms with Gasteiger partial charge in [0.05, 0.1) is 11.3 Å². The predicted molar refractivity (Wildman–Crippen MR) is 113 cm³/mol. The van der Waals surface area contributed by atoms with Crippen LogP contribution in [0, 0.1) is 6.92 Å². The summed E-state index contributed by atoms with van der Waals surface area (Å²) in [4.78, 5) is 36.0. The molecule has 0 saturated carbocycles. The van der Waals surface area contributed by atoms with Gasteiger partial charge in [0, 0.05) is 49.2 Å². The number of benzene rings is 1. The van der Waals surface area contributed by atoms with Crippen LogP contribution < -0.4 is 5.32 Å². The first-order valence-corrected chi connectivity index (χ1v) is 9.98. The molecular formula is C21H21ClN6O2. The Morgan fingerprint density at radius 2 is 1.97 bits per heavy atom. The molecule has 1 aromatic carbocycles. The topological polar surface area (TPSA) is 93.0 Å². The predicted octanol–water partition coefficient (Wildman–Crippen LogP) is 3.05. The molecule has 8 nitrogen and oxygen atoms in total. The van der Waals surface area contributed by atoms with Crippen molar-refractivity contribution >= 4 is 29.1 Å². The molecule has 9 heteroatoms. The summed E-state index contributed by atoms with van der Waals surface area (Å²) in [6, 6.07) is 8.60. The molecule has 1 aliphatic rings. The second kappa shape index (κ2) is 8.23. The lowest BCUT2D eigenvalue weighted by Gasteiger charge is -2.16. The fraction of sp³-hybridized carbons (Fsp3) is 0.286. The summed E-state index contributed by atoms with van der Waals surface area (Å²) in [5.41, 5.74) is 2.22. The highest BCUT2D eigenvalue weighted by Gasteiger charge is 2.31. The molecule has 0 unspecified atom stereocenters. The maximum atomic E-state index is 12.7. The van der Waals surface area contributed by atoms with Gasteiger partial charge < -0.3 is 10.2 Å². The van der Waals surface area contributed by atoms with Crippen molar-refractivity contribution in [2.24, 2.45) is 7.05 Å². The van der Waals surface area contributed by atoms with Crippen molar-refractivity contribution in [2.75, 3.05) is 18.4 Å². The second-order valence-electron chi connectivity index (χ2n) is 7.27. The van der Waals surface area contributed by atoms with E-state index in [2.05, 4.69) is 20.4 Å². The minimum absolute atomic E-state index is 0.0363. The van der Waals surface area contributed by atoms with Gasteiger partial charge >= 0.3 is 0 Å². The summed E-state index contributed by atoms with van der Waals surface area (Å²) in [5.74, 6) is 0.360. The summed E-state index contributed by atoms with van der Waals surface area (Å²) >= 11 is 5.87. The highest BCUT2D eigenvalue weighted by Crippen LogP contribution is 2.26. The lowest BCUT2D eigenvalue weighted by Crippen LogP contribution is -2.30. The zero-order valence-electron chi connectivity index (χ0n) is 16.7. The smallest absolute Gasteiger partial charge is 0.272 e. The van der Waals surface area contributed by atoms with E-state index >= 15 is 0 Å². The highest BCUT2D eigenvalue weighted by molar-refractivity contribution is 6.30. The van der Waals surface area contributed by atoms with E-state index in [1.807, 2.05) is 0 Å². The van der Waals surface area contributed by atoms with Crippen molar-refractivity contribution in [3.8, 4) is 0 Å². The number of carbonyl (C=O) groups is 2. The first-order valence-electron chi connectivity index (χ1n) is 9.60. The SMILES string of the molecule is Cc1nc([C@H]2CCN(C(=O)c3ccnn3C)C2)ncc1C(=O)Nc1ccc(Cl)cc1.